The van der Waals surface area contributed by atoms with Crippen molar-refractivity contribution in [2.75, 3.05) is 6.61 Å². The third-order valence-electron chi connectivity index (χ3n) is 3.35. The van der Waals surface area contributed by atoms with E-state index in [1.54, 1.807) is 20.8 Å². The monoisotopic (exact) mass is 399 g/mol. The largest absolute Gasteiger partial charge is 0.452 e. The molecule has 150 valence electrons. The molecule has 0 heterocycles. The molecule has 0 unspecified atom stereocenters. The van der Waals surface area contributed by atoms with E-state index in [9.17, 15) is 22.8 Å². The van der Waals surface area contributed by atoms with Crippen LogP contribution < -0.4 is 15.4 Å². The second-order valence-corrected chi connectivity index (χ2v) is 7.92. The molecule has 1 aromatic rings. The van der Waals surface area contributed by atoms with Gasteiger partial charge in [-0.25, -0.2) is 22.7 Å². The van der Waals surface area contributed by atoms with E-state index < -0.39 is 34.5 Å². The highest BCUT2D eigenvalue weighted by Crippen LogP contribution is 2.13. The zero-order valence-corrected chi connectivity index (χ0v) is 16.6. The number of hydrogen-bond acceptors (Lipinski definition) is 6. The second kappa shape index (κ2) is 10.0. The zero-order chi connectivity index (χ0) is 20.6. The first-order chi connectivity index (χ1) is 12.5. The Balaban J connectivity index is 2.67. The lowest BCUT2D eigenvalue weighted by Gasteiger charge is -2.12. The summed E-state index contributed by atoms with van der Waals surface area (Å²) in [6.45, 7) is 6.32. The molecule has 0 saturated carbocycles. The minimum atomic E-state index is -3.77. The van der Waals surface area contributed by atoms with Crippen LogP contribution in [0.2, 0.25) is 0 Å². The van der Waals surface area contributed by atoms with Crippen molar-refractivity contribution in [1.82, 2.24) is 15.4 Å². The number of hydrogen-bond donors (Lipinski definition) is 3. The Kier molecular flexibility index (Phi) is 8.38. The second-order valence-electron chi connectivity index (χ2n) is 6.21. The third-order valence-corrected chi connectivity index (χ3v) is 5.00. The highest BCUT2D eigenvalue weighted by Gasteiger charge is 2.18. The fourth-order valence-electron chi connectivity index (χ4n) is 1.91. The zero-order valence-electron chi connectivity index (χ0n) is 15.7. The maximum Gasteiger partial charge on any atom is 0.338 e. The number of rotatable bonds is 8. The summed E-state index contributed by atoms with van der Waals surface area (Å²) in [4.78, 5) is 35.1. The number of sulfonamides is 1. The van der Waals surface area contributed by atoms with Gasteiger partial charge in [-0.2, -0.15) is 0 Å². The fourth-order valence-corrected chi connectivity index (χ4v) is 3.20. The first-order valence-electron chi connectivity index (χ1n) is 8.45. The van der Waals surface area contributed by atoms with E-state index >= 15 is 0 Å². The number of urea groups is 1. The van der Waals surface area contributed by atoms with Crippen molar-refractivity contribution >= 4 is 27.9 Å². The molecule has 9 nitrogen and oxygen atoms in total. The average molecular weight is 399 g/mol. The van der Waals surface area contributed by atoms with Crippen molar-refractivity contribution in [3.05, 3.63) is 29.8 Å². The molecule has 0 aromatic heterocycles. The van der Waals surface area contributed by atoms with Gasteiger partial charge in [-0.1, -0.05) is 13.0 Å². The van der Waals surface area contributed by atoms with Crippen LogP contribution in [-0.2, 0) is 19.6 Å². The molecule has 3 amide bonds. The van der Waals surface area contributed by atoms with Crippen LogP contribution in [-0.4, -0.2) is 45.0 Å². The van der Waals surface area contributed by atoms with E-state index in [0.29, 0.717) is 6.42 Å². The maximum atomic E-state index is 12.1. The Labute approximate surface area is 158 Å². The predicted molar refractivity (Wildman–Crippen MR) is 98.6 cm³/mol. The predicted octanol–water partition coefficient (Wildman–Crippen LogP) is 1.15. The first-order valence-corrected chi connectivity index (χ1v) is 9.93. The van der Waals surface area contributed by atoms with E-state index in [1.165, 1.54) is 18.2 Å². The maximum absolute atomic E-state index is 12.1. The van der Waals surface area contributed by atoms with Gasteiger partial charge in [0.1, 0.15) is 0 Å². The summed E-state index contributed by atoms with van der Waals surface area (Å²) in [5.41, 5.74) is -0.0292. The van der Waals surface area contributed by atoms with Crippen LogP contribution in [0, 0.1) is 0 Å². The van der Waals surface area contributed by atoms with Crippen molar-refractivity contribution in [1.29, 1.82) is 0 Å². The number of nitrogens with one attached hydrogen (secondary N) is 3. The molecule has 27 heavy (non-hydrogen) atoms. The molecule has 0 spiro atoms. The normalized spacial score (nSPS) is 12.3. The first kappa shape index (κ1) is 22.6. The number of benzene rings is 1. The van der Waals surface area contributed by atoms with E-state index in [-0.39, 0.29) is 22.5 Å². The summed E-state index contributed by atoms with van der Waals surface area (Å²) in [5, 5.41) is 4.57. The SMILES string of the molecule is CC[C@@H](C)NC(=O)NC(=O)COC(=O)c1cccc(S(=O)(=O)NC(C)C)c1. The summed E-state index contributed by atoms with van der Waals surface area (Å²) in [6.07, 6.45) is 0.696. The molecule has 1 atom stereocenters. The van der Waals surface area contributed by atoms with E-state index in [1.807, 2.05) is 12.2 Å². The molecular formula is C17H25N3O6S. The molecule has 1 rings (SSSR count). The lowest BCUT2D eigenvalue weighted by Crippen LogP contribution is -2.44. The highest BCUT2D eigenvalue weighted by molar-refractivity contribution is 7.89. The smallest absolute Gasteiger partial charge is 0.338 e. The Hall–Kier alpha value is -2.46. The van der Waals surface area contributed by atoms with Crippen molar-refractivity contribution in [3.8, 4) is 0 Å². The third kappa shape index (κ3) is 7.75. The number of esters is 1. The molecular weight excluding hydrogens is 374 g/mol. The van der Waals surface area contributed by atoms with Crippen molar-refractivity contribution in [2.24, 2.45) is 0 Å². The molecule has 0 aliphatic heterocycles. The van der Waals surface area contributed by atoms with Gasteiger partial charge < -0.3 is 10.1 Å². The summed E-state index contributed by atoms with van der Waals surface area (Å²) in [7, 11) is -3.77. The molecule has 1 aromatic carbocycles. The molecule has 0 radical (unpaired) electrons. The van der Waals surface area contributed by atoms with Gasteiger partial charge in [0.25, 0.3) is 5.91 Å². The quantitative estimate of drug-likeness (QED) is 0.562. The van der Waals surface area contributed by atoms with Gasteiger partial charge in [-0.3, -0.25) is 10.1 Å². The number of carbonyl (C=O) groups is 3. The van der Waals surface area contributed by atoms with Crippen LogP contribution in [0.25, 0.3) is 0 Å². The topological polar surface area (TPSA) is 131 Å². The lowest BCUT2D eigenvalue weighted by molar-refractivity contribution is -0.123. The van der Waals surface area contributed by atoms with Gasteiger partial charge in [0, 0.05) is 12.1 Å². The molecule has 0 bridgehead atoms. The highest BCUT2D eigenvalue weighted by atomic mass is 32.2. The minimum absolute atomic E-state index is 0.0292. The van der Waals surface area contributed by atoms with Crippen molar-refractivity contribution < 1.29 is 27.5 Å². The fraction of sp³-hybridized carbons (Fsp3) is 0.471. The minimum Gasteiger partial charge on any atom is -0.452 e. The molecule has 0 fully saturated rings. The van der Waals surface area contributed by atoms with E-state index in [0.717, 1.165) is 6.07 Å². The Morgan fingerprint density at radius 3 is 2.41 bits per heavy atom. The molecule has 0 saturated heterocycles. The summed E-state index contributed by atoms with van der Waals surface area (Å²) in [5.74, 6) is -1.68. The van der Waals surface area contributed by atoms with Gasteiger partial charge in [0.2, 0.25) is 10.0 Å². The van der Waals surface area contributed by atoms with Gasteiger partial charge >= 0.3 is 12.0 Å². The number of carbonyl (C=O) groups excluding carboxylic acids is 3. The van der Waals surface area contributed by atoms with Gasteiger partial charge in [0.15, 0.2) is 6.61 Å². The molecule has 3 N–H and O–H groups in total. The van der Waals surface area contributed by atoms with Crippen LogP contribution in [0.3, 0.4) is 0 Å². The van der Waals surface area contributed by atoms with Crippen LogP contribution >= 0.6 is 0 Å². The molecule has 0 aliphatic carbocycles. The van der Waals surface area contributed by atoms with E-state index in [2.05, 4.69) is 10.0 Å². The van der Waals surface area contributed by atoms with Crippen LogP contribution in [0.5, 0.6) is 0 Å². The molecule has 10 heteroatoms. The summed E-state index contributed by atoms with van der Waals surface area (Å²) in [6, 6.07) is 4.15. The summed E-state index contributed by atoms with van der Waals surface area (Å²) >= 11 is 0. The van der Waals surface area contributed by atoms with Gasteiger partial charge in [0.05, 0.1) is 10.5 Å². The van der Waals surface area contributed by atoms with Gasteiger partial charge in [-0.05, 0) is 45.4 Å². The Morgan fingerprint density at radius 1 is 1.15 bits per heavy atom. The van der Waals surface area contributed by atoms with Crippen LogP contribution in [0.15, 0.2) is 29.2 Å². The van der Waals surface area contributed by atoms with E-state index in [4.69, 9.17) is 4.74 Å². The van der Waals surface area contributed by atoms with Crippen molar-refractivity contribution in [2.45, 2.75) is 51.1 Å². The van der Waals surface area contributed by atoms with Crippen LogP contribution in [0.1, 0.15) is 44.5 Å². The van der Waals surface area contributed by atoms with Crippen molar-refractivity contribution in [3.63, 3.8) is 0 Å². The number of imide groups is 1. The molecule has 0 aliphatic rings. The number of ether oxygens (including phenoxy) is 1. The average Bonchev–Trinajstić information content (AvgIpc) is 2.58. The lowest BCUT2D eigenvalue weighted by atomic mass is 10.2. The van der Waals surface area contributed by atoms with Gasteiger partial charge in [-0.15, -0.1) is 0 Å². The van der Waals surface area contributed by atoms with Crippen LogP contribution in [0.4, 0.5) is 4.79 Å². The summed E-state index contributed by atoms with van der Waals surface area (Å²) < 4.78 is 31.5. The standard InChI is InChI=1S/C17H25N3O6S/c1-5-12(4)18-17(23)19-15(21)10-26-16(22)13-7-6-8-14(9-13)27(24,25)20-11(2)3/h6-9,11-12,20H,5,10H2,1-4H3,(H2,18,19,21,23)/t12-/m1/s1. The Morgan fingerprint density at radius 2 is 1.81 bits per heavy atom. The Bertz CT molecular complexity index is 792. The number of amides is 3.